The molecule has 0 fully saturated rings. The first-order valence-electron chi connectivity index (χ1n) is 6.30. The Labute approximate surface area is 121 Å². The molecule has 3 N–H and O–H groups in total. The highest BCUT2D eigenvalue weighted by Gasteiger charge is 2.35. The first-order valence-corrected chi connectivity index (χ1v) is 6.30. The molecule has 0 heterocycles. The molecule has 0 atom stereocenters. The van der Waals surface area contributed by atoms with Crippen molar-refractivity contribution >= 4 is 5.84 Å². The number of alkyl halides is 3. The molecule has 21 heavy (non-hydrogen) atoms. The number of amidine groups is 1. The van der Waals surface area contributed by atoms with Crippen molar-refractivity contribution in [3.05, 3.63) is 29.3 Å². The van der Waals surface area contributed by atoms with Gasteiger partial charge in [0.1, 0.15) is 11.6 Å². The lowest BCUT2D eigenvalue weighted by molar-refractivity contribution is -0.139. The molecule has 0 aliphatic rings. The first-order chi connectivity index (χ1) is 9.57. The van der Waals surface area contributed by atoms with Gasteiger partial charge in [-0.25, -0.2) is 0 Å². The second kappa shape index (κ2) is 6.34. The summed E-state index contributed by atoms with van der Waals surface area (Å²) in [6.45, 7) is 3.73. The Morgan fingerprint density at radius 2 is 1.90 bits per heavy atom. The van der Waals surface area contributed by atoms with Crippen LogP contribution in [0.1, 0.15) is 31.4 Å². The van der Waals surface area contributed by atoms with E-state index in [4.69, 9.17) is 20.6 Å². The molecule has 0 amide bonds. The summed E-state index contributed by atoms with van der Waals surface area (Å²) in [7, 11) is 1.53. The Kier molecular flexibility index (Phi) is 5.22. The quantitative estimate of drug-likeness (QED) is 0.626. The summed E-state index contributed by atoms with van der Waals surface area (Å²) in [6, 6.07) is 3.33. The van der Waals surface area contributed by atoms with E-state index >= 15 is 0 Å². The van der Waals surface area contributed by atoms with E-state index in [2.05, 4.69) is 0 Å². The minimum absolute atomic E-state index is 0.00639. The summed E-state index contributed by atoms with van der Waals surface area (Å²) in [4.78, 5) is 0. The highest BCUT2D eigenvalue weighted by molar-refractivity contribution is 5.95. The monoisotopic (exact) mass is 304 g/mol. The maximum atomic E-state index is 13.0. The number of methoxy groups -OCH3 is 1. The molecule has 0 bridgehead atoms. The highest BCUT2D eigenvalue weighted by atomic mass is 19.4. The summed E-state index contributed by atoms with van der Waals surface area (Å²) in [5.74, 6) is -0.702. The molecule has 0 aliphatic heterocycles. The normalized spacial score (nSPS) is 12.3. The molecule has 1 aromatic rings. The summed E-state index contributed by atoms with van der Waals surface area (Å²) in [6.07, 6.45) is -4.13. The van der Waals surface area contributed by atoms with Crippen molar-refractivity contribution in [2.24, 2.45) is 5.73 Å². The van der Waals surface area contributed by atoms with E-state index in [1.165, 1.54) is 19.2 Å². The number of nitrogen functional groups attached to an aromatic ring is 1. The summed E-state index contributed by atoms with van der Waals surface area (Å²) < 4.78 is 49.4. The van der Waals surface area contributed by atoms with Crippen LogP contribution in [0.25, 0.3) is 0 Å². The second-order valence-corrected chi connectivity index (χ2v) is 5.18. The van der Waals surface area contributed by atoms with E-state index in [0.717, 1.165) is 6.07 Å². The number of halogens is 3. The van der Waals surface area contributed by atoms with Gasteiger partial charge in [-0.05, 0) is 32.0 Å². The van der Waals surface area contributed by atoms with Crippen LogP contribution in [0.3, 0.4) is 0 Å². The summed E-state index contributed by atoms with van der Waals surface area (Å²) in [5, 5.41) is 7.21. The maximum absolute atomic E-state index is 13.0. The van der Waals surface area contributed by atoms with Gasteiger partial charge in [0.25, 0.3) is 0 Å². The minimum Gasteiger partial charge on any atom is -0.493 e. The molecule has 7 heteroatoms. The van der Waals surface area contributed by atoms with Crippen LogP contribution in [0.15, 0.2) is 18.2 Å². The van der Waals surface area contributed by atoms with Crippen LogP contribution in [0.5, 0.6) is 5.75 Å². The Balaban J connectivity index is 2.94. The largest absolute Gasteiger partial charge is 0.493 e. The van der Waals surface area contributed by atoms with Gasteiger partial charge in [0.15, 0.2) is 0 Å². The van der Waals surface area contributed by atoms with Gasteiger partial charge in [-0.15, -0.1) is 0 Å². The number of ether oxygens (including phenoxy) is 2. The van der Waals surface area contributed by atoms with Gasteiger partial charge in [-0.3, -0.25) is 5.41 Å². The number of rotatable bonds is 6. The van der Waals surface area contributed by atoms with Crippen molar-refractivity contribution in [1.29, 1.82) is 5.41 Å². The number of hydrogen-bond donors (Lipinski definition) is 2. The van der Waals surface area contributed by atoms with Crippen LogP contribution < -0.4 is 10.5 Å². The van der Waals surface area contributed by atoms with Gasteiger partial charge >= 0.3 is 6.18 Å². The van der Waals surface area contributed by atoms with Crippen LogP contribution >= 0.6 is 0 Å². The summed E-state index contributed by atoms with van der Waals surface area (Å²) in [5.41, 5.74) is 3.80. The molecule has 0 aliphatic carbocycles. The van der Waals surface area contributed by atoms with Gasteiger partial charge in [0, 0.05) is 19.1 Å². The average Bonchev–Trinajstić information content (AvgIpc) is 2.37. The van der Waals surface area contributed by atoms with Crippen molar-refractivity contribution < 1.29 is 22.6 Å². The maximum Gasteiger partial charge on any atom is 0.419 e. The van der Waals surface area contributed by atoms with Crippen LogP contribution in [-0.2, 0) is 10.9 Å². The molecule has 4 nitrogen and oxygen atoms in total. The molecule has 0 radical (unpaired) electrons. The molecule has 118 valence electrons. The number of benzene rings is 1. The fraction of sp³-hybridized carbons (Fsp3) is 0.500. The van der Waals surface area contributed by atoms with Crippen molar-refractivity contribution in [3.63, 3.8) is 0 Å². The molecule has 0 spiro atoms. The third-order valence-electron chi connectivity index (χ3n) is 3.11. The zero-order valence-electron chi connectivity index (χ0n) is 12.2. The Morgan fingerprint density at radius 1 is 1.29 bits per heavy atom. The lowest BCUT2D eigenvalue weighted by Gasteiger charge is -2.23. The van der Waals surface area contributed by atoms with E-state index in [9.17, 15) is 13.2 Å². The first kappa shape index (κ1) is 17.3. The third-order valence-corrected chi connectivity index (χ3v) is 3.11. The van der Waals surface area contributed by atoms with Crippen molar-refractivity contribution in [2.75, 3.05) is 13.7 Å². The molecule has 0 aromatic heterocycles. The molecule has 1 rings (SSSR count). The minimum atomic E-state index is -4.57. The van der Waals surface area contributed by atoms with E-state index in [1.54, 1.807) is 0 Å². The smallest absolute Gasteiger partial charge is 0.419 e. The zero-order valence-corrected chi connectivity index (χ0v) is 12.2. The van der Waals surface area contributed by atoms with E-state index < -0.39 is 23.2 Å². The molecular formula is C14H19F3N2O2. The predicted molar refractivity (Wildman–Crippen MR) is 73.7 cm³/mol. The highest BCUT2D eigenvalue weighted by Crippen LogP contribution is 2.37. The van der Waals surface area contributed by atoms with Crippen molar-refractivity contribution in [1.82, 2.24) is 0 Å². The zero-order chi connectivity index (χ0) is 16.3. The van der Waals surface area contributed by atoms with Crippen LogP contribution in [0.4, 0.5) is 13.2 Å². The number of nitrogens with one attached hydrogen (secondary N) is 1. The SMILES string of the molecule is COC(C)(C)CCOc1ccc(C(=N)N)cc1C(F)(F)F. The Bertz CT molecular complexity index is 513. The molecular weight excluding hydrogens is 285 g/mol. The Hall–Kier alpha value is -1.76. The fourth-order valence-corrected chi connectivity index (χ4v) is 1.55. The average molecular weight is 304 g/mol. The third kappa shape index (κ3) is 4.93. The topological polar surface area (TPSA) is 68.3 Å². The number of nitrogens with two attached hydrogens (primary N) is 1. The van der Waals surface area contributed by atoms with Gasteiger partial charge in [0.2, 0.25) is 0 Å². The predicted octanol–water partition coefficient (Wildman–Crippen LogP) is 3.18. The summed E-state index contributed by atoms with van der Waals surface area (Å²) >= 11 is 0. The molecule has 0 saturated carbocycles. The lowest BCUT2D eigenvalue weighted by Crippen LogP contribution is -2.25. The number of hydrogen-bond acceptors (Lipinski definition) is 3. The van der Waals surface area contributed by atoms with Gasteiger partial charge in [-0.2, -0.15) is 13.2 Å². The standard InChI is InChI=1S/C14H19F3N2O2/c1-13(2,20-3)6-7-21-11-5-4-9(12(18)19)8-10(11)14(15,16)17/h4-5,8H,6-7H2,1-3H3,(H3,18,19). The van der Waals surface area contributed by atoms with Crippen molar-refractivity contribution in [2.45, 2.75) is 32.0 Å². The van der Waals surface area contributed by atoms with Crippen LogP contribution in [0, 0.1) is 5.41 Å². The Morgan fingerprint density at radius 3 is 2.38 bits per heavy atom. The van der Waals surface area contributed by atoms with Gasteiger partial charge < -0.3 is 15.2 Å². The lowest BCUT2D eigenvalue weighted by atomic mass is 10.1. The second-order valence-electron chi connectivity index (χ2n) is 5.18. The van der Waals surface area contributed by atoms with E-state index in [1.807, 2.05) is 13.8 Å². The van der Waals surface area contributed by atoms with Crippen LogP contribution in [-0.4, -0.2) is 25.2 Å². The van der Waals surface area contributed by atoms with E-state index in [-0.39, 0.29) is 17.9 Å². The van der Waals surface area contributed by atoms with Crippen molar-refractivity contribution in [3.8, 4) is 5.75 Å². The fourth-order valence-electron chi connectivity index (χ4n) is 1.55. The molecule has 1 aromatic carbocycles. The van der Waals surface area contributed by atoms with Gasteiger partial charge in [-0.1, -0.05) is 0 Å². The van der Waals surface area contributed by atoms with Crippen LogP contribution in [0.2, 0.25) is 0 Å². The molecule has 0 unspecified atom stereocenters. The van der Waals surface area contributed by atoms with E-state index in [0.29, 0.717) is 6.42 Å². The van der Waals surface area contributed by atoms with Gasteiger partial charge in [0.05, 0.1) is 17.8 Å². The molecule has 0 saturated heterocycles.